The minimum atomic E-state index is -4.86. The molecular weight excluding hydrogens is 469 g/mol. The molecule has 1 heterocycles. The van der Waals surface area contributed by atoms with Gasteiger partial charge >= 0.3 is 6.36 Å². The number of carbonyl (C=O) groups is 1. The topological polar surface area (TPSA) is 77.4 Å². The fourth-order valence-corrected chi connectivity index (χ4v) is 5.28. The van der Waals surface area contributed by atoms with Gasteiger partial charge in [-0.25, -0.2) is 8.42 Å². The van der Waals surface area contributed by atoms with E-state index >= 15 is 0 Å². The molecule has 0 radical (unpaired) electrons. The Hall–Kier alpha value is -3.27. The van der Waals surface area contributed by atoms with Crippen LogP contribution in [0.2, 0.25) is 0 Å². The molecule has 1 aliphatic rings. The molecule has 1 N–H and O–H groups in total. The van der Waals surface area contributed by atoms with Crippen molar-refractivity contribution in [3.05, 3.63) is 71.5 Å². The van der Waals surface area contributed by atoms with Gasteiger partial charge in [-0.3, -0.25) is 9.52 Å². The van der Waals surface area contributed by atoms with Crippen molar-refractivity contribution in [2.45, 2.75) is 44.9 Å². The summed E-state index contributed by atoms with van der Waals surface area (Å²) in [7, 11) is -4.02. The van der Waals surface area contributed by atoms with Gasteiger partial charge in [0.1, 0.15) is 5.75 Å². The predicted molar refractivity (Wildman–Crippen MR) is 121 cm³/mol. The molecule has 0 saturated carbocycles. The number of halogens is 3. The summed E-state index contributed by atoms with van der Waals surface area (Å²) in [5.41, 5.74) is 3.50. The maximum absolute atomic E-state index is 12.6. The van der Waals surface area contributed by atoms with Gasteiger partial charge in [0, 0.05) is 34.7 Å². The van der Waals surface area contributed by atoms with Gasteiger partial charge in [0.05, 0.1) is 4.90 Å². The Morgan fingerprint density at radius 3 is 2.21 bits per heavy atom. The van der Waals surface area contributed by atoms with Crippen molar-refractivity contribution in [1.29, 1.82) is 0 Å². The van der Waals surface area contributed by atoms with Crippen LogP contribution in [0.1, 0.15) is 42.0 Å². The van der Waals surface area contributed by atoms with Crippen LogP contribution in [0, 0.1) is 12.3 Å². The first kappa shape index (κ1) is 23.9. The number of hydrogen-bond acceptors (Lipinski definition) is 4. The van der Waals surface area contributed by atoms with E-state index < -0.39 is 22.1 Å². The molecule has 2 aromatic carbocycles. The van der Waals surface area contributed by atoms with Crippen molar-refractivity contribution in [2.75, 3.05) is 4.72 Å². The maximum atomic E-state index is 12.6. The summed E-state index contributed by atoms with van der Waals surface area (Å²) < 4.78 is 70.4. The molecule has 180 valence electrons. The van der Waals surface area contributed by atoms with Gasteiger partial charge in [-0.1, -0.05) is 13.8 Å². The summed E-state index contributed by atoms with van der Waals surface area (Å²) in [6, 6.07) is 12.5. The number of ketones is 1. The molecule has 0 atom stereocenters. The van der Waals surface area contributed by atoms with E-state index in [4.69, 9.17) is 0 Å². The van der Waals surface area contributed by atoms with Gasteiger partial charge in [-0.2, -0.15) is 0 Å². The van der Waals surface area contributed by atoms with Crippen LogP contribution in [0.15, 0.2) is 59.5 Å². The molecule has 1 aromatic heterocycles. The summed E-state index contributed by atoms with van der Waals surface area (Å²) in [5, 5.41) is 0. The molecular formula is C24H23F3N2O4S. The fourth-order valence-electron chi connectivity index (χ4n) is 4.22. The number of aryl methyl sites for hydroxylation is 1. The third-order valence-corrected chi connectivity index (χ3v) is 7.01. The van der Waals surface area contributed by atoms with Crippen LogP contribution in [0.25, 0.3) is 5.69 Å². The fraction of sp³-hybridized carbons (Fsp3) is 0.292. The van der Waals surface area contributed by atoms with Gasteiger partial charge in [-0.05, 0) is 73.4 Å². The number of alkyl halides is 3. The Balaban J connectivity index is 1.56. The zero-order chi connectivity index (χ0) is 24.9. The molecule has 0 bridgehead atoms. The van der Waals surface area contributed by atoms with Gasteiger partial charge in [0.2, 0.25) is 0 Å². The number of hydrogen-bond donors (Lipinski definition) is 1. The number of aromatic nitrogens is 1. The molecule has 0 aliphatic heterocycles. The van der Waals surface area contributed by atoms with Crippen LogP contribution in [0.5, 0.6) is 5.75 Å². The van der Waals surface area contributed by atoms with Crippen LogP contribution in [0.3, 0.4) is 0 Å². The molecule has 34 heavy (non-hydrogen) atoms. The molecule has 4 rings (SSSR count). The van der Waals surface area contributed by atoms with Crippen LogP contribution in [0.4, 0.5) is 18.9 Å². The van der Waals surface area contributed by atoms with Crippen molar-refractivity contribution in [2.24, 2.45) is 5.41 Å². The lowest BCUT2D eigenvalue weighted by molar-refractivity contribution is -0.274. The third kappa shape index (κ3) is 4.96. The van der Waals surface area contributed by atoms with E-state index in [0.717, 1.165) is 53.3 Å². The Morgan fingerprint density at radius 1 is 1.00 bits per heavy atom. The number of carbonyl (C=O) groups excluding carboxylic acids is 1. The second kappa shape index (κ2) is 8.19. The van der Waals surface area contributed by atoms with Crippen molar-refractivity contribution >= 4 is 21.5 Å². The summed E-state index contributed by atoms with van der Waals surface area (Å²) in [5.74, 6) is -0.396. The molecule has 6 nitrogen and oxygen atoms in total. The lowest BCUT2D eigenvalue weighted by Gasteiger charge is -2.30. The number of rotatable bonds is 5. The monoisotopic (exact) mass is 492 g/mol. The minimum absolute atomic E-state index is 0.115. The molecule has 0 fully saturated rings. The summed E-state index contributed by atoms with van der Waals surface area (Å²) in [6.45, 7) is 6.03. The van der Waals surface area contributed by atoms with E-state index in [1.54, 1.807) is 24.3 Å². The average Bonchev–Trinajstić information content (AvgIpc) is 3.03. The maximum Gasteiger partial charge on any atom is 0.573 e. The normalized spacial score (nSPS) is 15.6. The number of benzene rings is 2. The summed E-state index contributed by atoms with van der Waals surface area (Å²) in [4.78, 5) is 12.4. The van der Waals surface area contributed by atoms with Crippen LogP contribution in [-0.2, 0) is 16.4 Å². The number of nitrogens with one attached hydrogen (secondary N) is 1. The Kier molecular flexibility index (Phi) is 5.75. The first-order chi connectivity index (χ1) is 15.7. The van der Waals surface area contributed by atoms with Gasteiger partial charge < -0.3 is 9.30 Å². The molecule has 10 heteroatoms. The van der Waals surface area contributed by atoms with Gasteiger partial charge in [-0.15, -0.1) is 13.2 Å². The van der Waals surface area contributed by atoms with Crippen LogP contribution in [-0.4, -0.2) is 25.1 Å². The highest BCUT2D eigenvalue weighted by Crippen LogP contribution is 2.37. The Morgan fingerprint density at radius 2 is 1.62 bits per heavy atom. The smallest absolute Gasteiger partial charge is 0.406 e. The average molecular weight is 493 g/mol. The van der Waals surface area contributed by atoms with E-state index in [2.05, 4.69) is 23.3 Å². The van der Waals surface area contributed by atoms with E-state index in [1.165, 1.54) is 0 Å². The molecule has 0 amide bonds. The number of ether oxygens (including phenoxy) is 1. The second-order valence-electron chi connectivity index (χ2n) is 9.09. The molecule has 3 aromatic rings. The van der Waals surface area contributed by atoms with E-state index in [-0.39, 0.29) is 21.8 Å². The zero-order valence-electron chi connectivity index (χ0n) is 18.7. The van der Waals surface area contributed by atoms with E-state index in [1.807, 2.05) is 17.6 Å². The lowest BCUT2D eigenvalue weighted by atomic mass is 9.76. The van der Waals surface area contributed by atoms with Crippen molar-refractivity contribution in [3.63, 3.8) is 0 Å². The van der Waals surface area contributed by atoms with Crippen molar-refractivity contribution < 1.29 is 31.1 Å². The molecule has 0 unspecified atom stereocenters. The SMILES string of the molecule is Cc1cc2c(n1-c1ccc(NS(=O)(=O)c3ccc(OC(F)(F)F)cc3)cc1)CC(C)(C)CC2=O. The van der Waals surface area contributed by atoms with E-state index in [9.17, 15) is 26.4 Å². The van der Waals surface area contributed by atoms with Gasteiger partial charge in [0.15, 0.2) is 5.78 Å². The van der Waals surface area contributed by atoms with E-state index in [0.29, 0.717) is 6.42 Å². The standard InChI is InChI=1S/C24H23F3N2O4S/c1-15-12-20-21(13-23(2,3)14-22(20)30)29(15)17-6-4-16(5-7-17)28-34(31,32)19-10-8-18(9-11-19)33-24(25,26)27/h4-12,28H,13-14H2,1-3H3. The molecule has 0 saturated heterocycles. The zero-order valence-corrected chi connectivity index (χ0v) is 19.5. The third-order valence-electron chi connectivity index (χ3n) is 5.62. The highest BCUT2D eigenvalue weighted by Gasteiger charge is 2.34. The predicted octanol–water partition coefficient (Wildman–Crippen LogP) is 5.64. The summed E-state index contributed by atoms with van der Waals surface area (Å²) in [6.07, 6.45) is -3.63. The van der Waals surface area contributed by atoms with Crippen LogP contribution < -0.4 is 9.46 Å². The Bertz CT molecular complexity index is 1340. The first-order valence-electron chi connectivity index (χ1n) is 10.5. The minimum Gasteiger partial charge on any atom is -0.406 e. The highest BCUT2D eigenvalue weighted by atomic mass is 32.2. The number of anilines is 1. The quantitative estimate of drug-likeness (QED) is 0.500. The number of sulfonamides is 1. The van der Waals surface area contributed by atoms with Gasteiger partial charge in [0.25, 0.3) is 10.0 Å². The number of Topliss-reactive ketones (excluding diaryl/α,β-unsaturated/α-hetero) is 1. The van der Waals surface area contributed by atoms with Crippen molar-refractivity contribution in [3.8, 4) is 11.4 Å². The number of fused-ring (bicyclic) bond motifs is 1. The highest BCUT2D eigenvalue weighted by molar-refractivity contribution is 7.92. The largest absolute Gasteiger partial charge is 0.573 e. The lowest BCUT2D eigenvalue weighted by Crippen LogP contribution is -2.27. The van der Waals surface area contributed by atoms with Crippen LogP contribution >= 0.6 is 0 Å². The second-order valence-corrected chi connectivity index (χ2v) is 10.8. The molecule has 1 aliphatic carbocycles. The Labute approximate surface area is 195 Å². The summed E-state index contributed by atoms with van der Waals surface area (Å²) >= 11 is 0. The first-order valence-corrected chi connectivity index (χ1v) is 12.0. The molecule has 0 spiro atoms. The number of nitrogens with zero attached hydrogens (tertiary/aromatic N) is 1. The van der Waals surface area contributed by atoms with Crippen molar-refractivity contribution in [1.82, 2.24) is 4.57 Å².